The number of nitrogens with one attached hydrogen (secondary N) is 2. The lowest BCUT2D eigenvalue weighted by Crippen LogP contribution is -2.25. The predicted molar refractivity (Wildman–Crippen MR) is 77.3 cm³/mol. The molecule has 0 radical (unpaired) electrons. The van der Waals surface area contributed by atoms with Gasteiger partial charge in [-0.15, -0.1) is 10.2 Å². The lowest BCUT2D eigenvalue weighted by atomic mass is 10.2. The molecule has 0 fully saturated rings. The van der Waals surface area contributed by atoms with Crippen LogP contribution in [0.4, 0.5) is 5.13 Å². The summed E-state index contributed by atoms with van der Waals surface area (Å²) in [7, 11) is 0. The Morgan fingerprint density at radius 2 is 2.22 bits per heavy atom. The Kier molecular flexibility index (Phi) is 7.04. The molecule has 0 atom stereocenters. The molecule has 7 heteroatoms. The molecule has 1 amide bonds. The average Bonchev–Trinajstić information content (AvgIpc) is 2.79. The van der Waals surface area contributed by atoms with E-state index in [0.717, 1.165) is 29.0 Å². The number of hydrogen-bond acceptors (Lipinski definition) is 6. The molecule has 0 aliphatic carbocycles. The summed E-state index contributed by atoms with van der Waals surface area (Å²) in [6.45, 7) is 7.93. The van der Waals surface area contributed by atoms with Crippen molar-refractivity contribution in [3.8, 4) is 0 Å². The topological polar surface area (TPSA) is 66.9 Å². The van der Waals surface area contributed by atoms with E-state index >= 15 is 0 Å². The normalized spacial score (nSPS) is 10.7. The van der Waals surface area contributed by atoms with E-state index in [9.17, 15) is 4.79 Å². The SMILES string of the molecule is CCCNC(=O)CSc1nnc(NCC(C)C)s1. The van der Waals surface area contributed by atoms with Crippen LogP contribution in [0.2, 0.25) is 0 Å². The average molecular weight is 288 g/mol. The number of anilines is 1. The van der Waals surface area contributed by atoms with Crippen molar-refractivity contribution < 1.29 is 4.79 Å². The van der Waals surface area contributed by atoms with Crippen LogP contribution >= 0.6 is 23.1 Å². The number of carbonyl (C=O) groups is 1. The zero-order chi connectivity index (χ0) is 13.4. The van der Waals surface area contributed by atoms with Gasteiger partial charge >= 0.3 is 0 Å². The van der Waals surface area contributed by atoms with Crippen LogP contribution in [-0.4, -0.2) is 34.9 Å². The van der Waals surface area contributed by atoms with Crippen molar-refractivity contribution in [2.24, 2.45) is 5.92 Å². The molecule has 1 aromatic rings. The third-order valence-corrected chi connectivity index (χ3v) is 3.98. The lowest BCUT2D eigenvalue weighted by molar-refractivity contribution is -0.118. The molecule has 102 valence electrons. The third kappa shape index (κ3) is 6.20. The molecular formula is C11H20N4OS2. The van der Waals surface area contributed by atoms with Gasteiger partial charge in [-0.05, 0) is 12.3 Å². The van der Waals surface area contributed by atoms with E-state index in [2.05, 4.69) is 34.7 Å². The van der Waals surface area contributed by atoms with Gasteiger partial charge in [-0.2, -0.15) is 0 Å². The summed E-state index contributed by atoms with van der Waals surface area (Å²) in [5, 5.41) is 14.9. The molecule has 1 rings (SSSR count). The van der Waals surface area contributed by atoms with Crippen LogP contribution in [0.5, 0.6) is 0 Å². The second kappa shape index (κ2) is 8.31. The van der Waals surface area contributed by atoms with Crippen molar-refractivity contribution in [3.05, 3.63) is 0 Å². The Morgan fingerprint density at radius 3 is 2.89 bits per heavy atom. The minimum atomic E-state index is 0.0498. The molecule has 0 aromatic carbocycles. The molecule has 1 aromatic heterocycles. The molecule has 0 unspecified atom stereocenters. The van der Waals surface area contributed by atoms with Gasteiger partial charge in [0.25, 0.3) is 0 Å². The van der Waals surface area contributed by atoms with E-state index in [4.69, 9.17) is 0 Å². The van der Waals surface area contributed by atoms with Crippen molar-refractivity contribution >= 4 is 34.1 Å². The smallest absolute Gasteiger partial charge is 0.230 e. The van der Waals surface area contributed by atoms with Gasteiger partial charge < -0.3 is 10.6 Å². The summed E-state index contributed by atoms with van der Waals surface area (Å²) in [6.07, 6.45) is 0.957. The molecule has 0 spiro atoms. The highest BCUT2D eigenvalue weighted by molar-refractivity contribution is 8.01. The minimum Gasteiger partial charge on any atom is -0.360 e. The number of aromatic nitrogens is 2. The van der Waals surface area contributed by atoms with Crippen LogP contribution in [0.1, 0.15) is 27.2 Å². The zero-order valence-electron chi connectivity index (χ0n) is 11.0. The number of thioether (sulfide) groups is 1. The number of hydrogen-bond donors (Lipinski definition) is 2. The van der Waals surface area contributed by atoms with Gasteiger partial charge in [-0.1, -0.05) is 43.9 Å². The fourth-order valence-electron chi connectivity index (χ4n) is 1.07. The van der Waals surface area contributed by atoms with Crippen molar-refractivity contribution in [2.75, 3.05) is 24.2 Å². The summed E-state index contributed by atoms with van der Waals surface area (Å²) >= 11 is 2.92. The molecule has 1 heterocycles. The Balaban J connectivity index is 2.28. The number of rotatable bonds is 8. The molecule has 2 N–H and O–H groups in total. The monoisotopic (exact) mass is 288 g/mol. The van der Waals surface area contributed by atoms with Crippen LogP contribution in [-0.2, 0) is 4.79 Å². The Labute approximate surface area is 116 Å². The largest absolute Gasteiger partial charge is 0.360 e. The van der Waals surface area contributed by atoms with E-state index in [1.54, 1.807) is 0 Å². The lowest BCUT2D eigenvalue weighted by Gasteiger charge is -2.03. The summed E-state index contributed by atoms with van der Waals surface area (Å²) in [6, 6.07) is 0. The Morgan fingerprint density at radius 1 is 1.44 bits per heavy atom. The molecule has 18 heavy (non-hydrogen) atoms. The standard InChI is InChI=1S/C11H20N4OS2/c1-4-5-12-9(16)7-17-11-15-14-10(18-11)13-6-8(2)3/h8H,4-7H2,1-3H3,(H,12,16)(H,13,14). The van der Waals surface area contributed by atoms with Gasteiger partial charge in [0.1, 0.15) is 0 Å². The molecular weight excluding hydrogens is 268 g/mol. The first kappa shape index (κ1) is 15.2. The van der Waals surface area contributed by atoms with Crippen molar-refractivity contribution in [3.63, 3.8) is 0 Å². The molecule has 0 aliphatic rings. The van der Waals surface area contributed by atoms with Gasteiger partial charge in [-0.25, -0.2) is 0 Å². The van der Waals surface area contributed by atoms with Gasteiger partial charge in [0.2, 0.25) is 11.0 Å². The zero-order valence-corrected chi connectivity index (χ0v) is 12.7. The minimum absolute atomic E-state index is 0.0498. The first-order valence-corrected chi connectivity index (χ1v) is 7.89. The first-order chi connectivity index (χ1) is 8.61. The van der Waals surface area contributed by atoms with Gasteiger partial charge in [0.15, 0.2) is 4.34 Å². The maximum absolute atomic E-state index is 11.4. The number of nitrogens with zero attached hydrogens (tertiary/aromatic N) is 2. The summed E-state index contributed by atoms with van der Waals surface area (Å²) in [4.78, 5) is 11.4. The maximum Gasteiger partial charge on any atom is 0.230 e. The van der Waals surface area contributed by atoms with Crippen molar-refractivity contribution in [1.82, 2.24) is 15.5 Å². The third-order valence-electron chi connectivity index (χ3n) is 1.97. The highest BCUT2D eigenvalue weighted by Gasteiger charge is 2.07. The van der Waals surface area contributed by atoms with Gasteiger partial charge in [0, 0.05) is 13.1 Å². The second-order valence-electron chi connectivity index (χ2n) is 4.29. The first-order valence-electron chi connectivity index (χ1n) is 6.08. The van der Waals surface area contributed by atoms with Crippen LogP contribution in [0, 0.1) is 5.92 Å². The van der Waals surface area contributed by atoms with Crippen molar-refractivity contribution in [2.45, 2.75) is 31.5 Å². The molecule has 0 saturated heterocycles. The molecule has 0 bridgehead atoms. The summed E-state index contributed by atoms with van der Waals surface area (Å²) < 4.78 is 0.827. The fraction of sp³-hybridized carbons (Fsp3) is 0.727. The number of amides is 1. The summed E-state index contributed by atoms with van der Waals surface area (Å²) in [5.74, 6) is 1.03. The quantitative estimate of drug-likeness (QED) is 0.718. The maximum atomic E-state index is 11.4. The van der Waals surface area contributed by atoms with Crippen molar-refractivity contribution in [1.29, 1.82) is 0 Å². The van der Waals surface area contributed by atoms with Crippen LogP contribution in [0.25, 0.3) is 0 Å². The van der Waals surface area contributed by atoms with Gasteiger partial charge in [-0.3, -0.25) is 4.79 Å². The van der Waals surface area contributed by atoms with Crippen LogP contribution in [0.3, 0.4) is 0 Å². The highest BCUT2D eigenvalue weighted by Crippen LogP contribution is 2.25. The molecule has 0 aliphatic heterocycles. The van der Waals surface area contributed by atoms with E-state index < -0.39 is 0 Å². The number of carbonyl (C=O) groups excluding carboxylic acids is 1. The summed E-state index contributed by atoms with van der Waals surface area (Å²) in [5.41, 5.74) is 0. The Bertz CT molecular complexity index is 368. The van der Waals surface area contributed by atoms with Crippen LogP contribution < -0.4 is 10.6 Å². The van der Waals surface area contributed by atoms with Gasteiger partial charge in [0.05, 0.1) is 5.75 Å². The second-order valence-corrected chi connectivity index (χ2v) is 6.49. The van der Waals surface area contributed by atoms with E-state index in [-0.39, 0.29) is 5.91 Å². The fourth-order valence-corrected chi connectivity index (χ4v) is 2.66. The highest BCUT2D eigenvalue weighted by atomic mass is 32.2. The van der Waals surface area contributed by atoms with E-state index in [0.29, 0.717) is 11.7 Å². The molecule has 0 saturated carbocycles. The molecule has 5 nitrogen and oxygen atoms in total. The predicted octanol–water partition coefficient (Wildman–Crippen LogP) is 2.22. The van der Waals surface area contributed by atoms with E-state index in [1.165, 1.54) is 23.1 Å². The Hall–Kier alpha value is -0.820. The van der Waals surface area contributed by atoms with Crippen LogP contribution in [0.15, 0.2) is 4.34 Å². The van der Waals surface area contributed by atoms with E-state index in [1.807, 2.05) is 6.92 Å².